The van der Waals surface area contributed by atoms with E-state index in [2.05, 4.69) is 5.32 Å². The van der Waals surface area contributed by atoms with E-state index in [1.54, 1.807) is 13.8 Å². The van der Waals surface area contributed by atoms with Crippen LogP contribution < -0.4 is 5.32 Å². The number of ether oxygens (including phenoxy) is 12. The first-order valence-electron chi connectivity index (χ1n) is 23.4. The van der Waals surface area contributed by atoms with Crippen molar-refractivity contribution in [2.75, 3.05) is 33.0 Å². The van der Waals surface area contributed by atoms with Crippen LogP contribution in [0.2, 0.25) is 0 Å². The number of aliphatic hydroxyl groups excluding tert-OH is 17. The fourth-order valence-corrected chi connectivity index (χ4v) is 9.21. The third-order valence-electron chi connectivity index (χ3n) is 13.2. The van der Waals surface area contributed by atoms with Crippen molar-refractivity contribution < 1.29 is 148 Å². The van der Waals surface area contributed by atoms with E-state index >= 15 is 0 Å². The van der Waals surface area contributed by atoms with Crippen molar-refractivity contribution in [3.05, 3.63) is 0 Å². The number of carbonyl (C=O) groups excluding carboxylic acids is 1. The largest absolute Gasteiger partial charge is 0.394 e. The highest BCUT2D eigenvalue weighted by Gasteiger charge is 2.58. The Morgan fingerprint density at radius 2 is 0.778 bits per heavy atom. The molecule has 6 rings (SSSR count). The van der Waals surface area contributed by atoms with Gasteiger partial charge in [-0.05, 0) is 20.8 Å². The zero-order valence-electron chi connectivity index (χ0n) is 39.3. The highest BCUT2D eigenvalue weighted by atomic mass is 16.8. The van der Waals surface area contributed by atoms with Crippen molar-refractivity contribution in [3.8, 4) is 0 Å². The predicted octanol–water partition coefficient (Wildman–Crippen LogP) is -11.5. The van der Waals surface area contributed by atoms with Crippen LogP contribution in [0, 0.1) is 0 Å². The van der Waals surface area contributed by atoms with Gasteiger partial charge in [-0.15, -0.1) is 0 Å². The summed E-state index contributed by atoms with van der Waals surface area (Å²) in [5.41, 5.74) is 0. The van der Waals surface area contributed by atoms with Gasteiger partial charge >= 0.3 is 0 Å². The lowest BCUT2D eigenvalue weighted by Crippen LogP contribution is -2.70. The molecule has 0 spiro atoms. The Hall–Kier alpha value is -1.69. The van der Waals surface area contributed by atoms with E-state index in [0.717, 1.165) is 6.92 Å². The zero-order chi connectivity index (χ0) is 53.2. The Balaban J connectivity index is 1.22. The van der Waals surface area contributed by atoms with Gasteiger partial charge in [-0.25, -0.2) is 0 Å². The number of nitrogens with one attached hydrogen (secondary N) is 1. The summed E-state index contributed by atoms with van der Waals surface area (Å²) in [7, 11) is 0. The molecule has 31 nitrogen and oxygen atoms in total. The molecule has 0 bridgehead atoms. The summed E-state index contributed by atoms with van der Waals surface area (Å²) in [5, 5.41) is 186. The number of rotatable bonds is 18. The lowest BCUT2D eigenvalue weighted by molar-refractivity contribution is -0.393. The van der Waals surface area contributed by atoms with Gasteiger partial charge in [0.1, 0.15) is 140 Å². The van der Waals surface area contributed by atoms with Gasteiger partial charge in [-0.3, -0.25) is 4.79 Å². The molecule has 420 valence electrons. The van der Waals surface area contributed by atoms with Gasteiger partial charge in [-0.2, -0.15) is 0 Å². The molecule has 0 aliphatic carbocycles. The molecule has 31 heteroatoms. The van der Waals surface area contributed by atoms with Gasteiger partial charge in [0, 0.05) is 6.92 Å². The first-order valence-corrected chi connectivity index (χ1v) is 23.4. The van der Waals surface area contributed by atoms with Gasteiger partial charge in [-0.1, -0.05) is 0 Å². The first-order chi connectivity index (χ1) is 34.0. The number of hydrogen-bond donors (Lipinski definition) is 18. The summed E-state index contributed by atoms with van der Waals surface area (Å²) >= 11 is 0. The Morgan fingerprint density at radius 3 is 1.31 bits per heavy atom. The van der Waals surface area contributed by atoms with Crippen LogP contribution >= 0.6 is 0 Å². The Bertz CT molecular complexity index is 1680. The molecule has 0 radical (unpaired) electrons. The lowest BCUT2D eigenvalue weighted by atomic mass is 9.94. The van der Waals surface area contributed by atoms with Crippen molar-refractivity contribution in [1.29, 1.82) is 0 Å². The van der Waals surface area contributed by atoms with Crippen LogP contribution in [0.4, 0.5) is 0 Å². The third kappa shape index (κ3) is 12.7. The average Bonchev–Trinajstić information content (AvgIpc) is 3.34. The molecule has 0 aromatic heterocycles. The van der Waals surface area contributed by atoms with Gasteiger partial charge in [0.05, 0.1) is 45.2 Å². The summed E-state index contributed by atoms with van der Waals surface area (Å²) in [6.45, 7) is 0.832. The number of amides is 1. The van der Waals surface area contributed by atoms with Crippen molar-refractivity contribution in [2.45, 2.75) is 218 Å². The van der Waals surface area contributed by atoms with Crippen LogP contribution in [0.1, 0.15) is 27.7 Å². The van der Waals surface area contributed by atoms with Gasteiger partial charge in [0.25, 0.3) is 0 Å². The average molecular weight is 1060 g/mol. The molecule has 30 atom stereocenters. The minimum atomic E-state index is -2.21. The maximum atomic E-state index is 12.8. The maximum Gasteiger partial charge on any atom is 0.217 e. The minimum Gasteiger partial charge on any atom is -0.394 e. The standard InChI is InChI=1S/C41H71NO30/c1-10(2)61-37-28(58)25(55)31(16(8-46)66-37)68-39-29(59)26(56)32(17(9-47)67-39)69-40-30(60)34(22(52)15(7-45)64-40)71-36-18(42-12(4)48)33(21(51)14(6-44)63-36)70-41-35(24(54)20(50)13(5-43)65-41)72-38-27(57)23(53)19(49)11(3)62-38/h10-11,13-41,43-47,49-60H,5-9H2,1-4H3,(H,42,48)/t11?,13?,14?,15?,16?,17?,18?,19-,20+,21+,22+,23+,24?,25?,26?,27?,28?,29?,30?,31-,32+,33?,34?,35?,36+,37-,38+,39+,40-,41+/m1/s1. The van der Waals surface area contributed by atoms with Gasteiger partial charge in [0.15, 0.2) is 37.7 Å². The van der Waals surface area contributed by atoms with Crippen LogP contribution in [-0.2, 0) is 61.6 Å². The molecule has 0 aromatic rings. The van der Waals surface area contributed by atoms with E-state index in [9.17, 15) is 91.6 Å². The molecule has 6 aliphatic rings. The molecular weight excluding hydrogens is 986 g/mol. The molecule has 6 aliphatic heterocycles. The summed E-state index contributed by atoms with van der Waals surface area (Å²) in [5.74, 6) is -0.857. The van der Waals surface area contributed by atoms with Crippen molar-refractivity contribution in [2.24, 2.45) is 0 Å². The molecular formula is C41H71NO30. The number of aliphatic hydroxyl groups is 17. The third-order valence-corrected chi connectivity index (χ3v) is 13.2. The Morgan fingerprint density at radius 1 is 0.403 bits per heavy atom. The monoisotopic (exact) mass is 1060 g/mol. The smallest absolute Gasteiger partial charge is 0.217 e. The molecule has 0 aromatic carbocycles. The molecule has 0 saturated carbocycles. The van der Waals surface area contributed by atoms with Crippen LogP contribution in [0.3, 0.4) is 0 Å². The topological polar surface area (TPSA) is 484 Å². The van der Waals surface area contributed by atoms with Gasteiger partial charge < -0.3 is 149 Å². The van der Waals surface area contributed by atoms with E-state index < -0.39 is 229 Å². The normalized spacial score (nSPS) is 50.5. The number of hydrogen-bond acceptors (Lipinski definition) is 30. The quantitative estimate of drug-likeness (QED) is 0.0606. The molecule has 17 unspecified atom stereocenters. The van der Waals surface area contributed by atoms with Crippen molar-refractivity contribution in [1.82, 2.24) is 5.32 Å². The molecule has 72 heavy (non-hydrogen) atoms. The second kappa shape index (κ2) is 25.6. The summed E-state index contributed by atoms with van der Waals surface area (Å²) in [6.07, 6.45) is -53.5. The van der Waals surface area contributed by atoms with E-state index in [1.807, 2.05) is 0 Å². The van der Waals surface area contributed by atoms with E-state index in [1.165, 1.54) is 6.92 Å². The van der Waals surface area contributed by atoms with E-state index in [4.69, 9.17) is 56.8 Å². The second-order valence-corrected chi connectivity index (χ2v) is 18.6. The summed E-state index contributed by atoms with van der Waals surface area (Å²) < 4.78 is 68.8. The minimum absolute atomic E-state index is 0.479. The van der Waals surface area contributed by atoms with E-state index in [0.29, 0.717) is 0 Å². The van der Waals surface area contributed by atoms with E-state index in [-0.39, 0.29) is 0 Å². The summed E-state index contributed by atoms with van der Waals surface area (Å²) in [6, 6.07) is -1.78. The number of carbonyl (C=O) groups is 1. The van der Waals surface area contributed by atoms with Crippen molar-refractivity contribution in [3.63, 3.8) is 0 Å². The lowest BCUT2D eigenvalue weighted by Gasteiger charge is -2.51. The first kappa shape index (κ1) is 59.6. The molecule has 6 heterocycles. The SMILES string of the molecule is CC(=O)NC1C(O[C@@H]2OC(CO)[C@H](O)C(O)C2O[C@@H]2OC(C)[C@@H](O)[C@H](O)C2O)[C@@H](O)C(CO)O[C@H]1OC1C(O)[C@@H](O[C@H]2C(CO)O[C@@H](O[C@@H]3C(CO)O[C@@H](OC(C)C)C(O)C3O)C(O)C2O)OC(CO)[C@@H]1O. The fraction of sp³-hybridized carbons (Fsp3) is 0.976. The van der Waals surface area contributed by atoms with Crippen molar-refractivity contribution >= 4 is 5.91 Å². The second-order valence-electron chi connectivity index (χ2n) is 18.6. The van der Waals surface area contributed by atoms with Crippen LogP contribution in [0.5, 0.6) is 0 Å². The van der Waals surface area contributed by atoms with Gasteiger partial charge in [0.2, 0.25) is 5.91 Å². The molecule has 6 saturated heterocycles. The Kier molecular flexibility index (Phi) is 21.2. The van der Waals surface area contributed by atoms with Crippen LogP contribution in [0.15, 0.2) is 0 Å². The highest BCUT2D eigenvalue weighted by molar-refractivity contribution is 5.73. The van der Waals surface area contributed by atoms with Crippen LogP contribution in [0.25, 0.3) is 0 Å². The predicted molar refractivity (Wildman–Crippen MR) is 223 cm³/mol. The maximum absolute atomic E-state index is 12.8. The fourth-order valence-electron chi connectivity index (χ4n) is 9.21. The Labute approximate surface area is 410 Å². The molecule has 6 fully saturated rings. The molecule has 1 amide bonds. The van der Waals surface area contributed by atoms with Crippen LogP contribution in [-0.4, -0.2) is 316 Å². The highest BCUT2D eigenvalue weighted by Crippen LogP contribution is 2.37. The summed E-state index contributed by atoms with van der Waals surface area (Å²) in [4.78, 5) is 12.8. The molecule has 18 N–H and O–H groups in total. The zero-order valence-corrected chi connectivity index (χ0v) is 39.3.